The van der Waals surface area contributed by atoms with Crippen molar-refractivity contribution >= 4 is 17.3 Å². The molecule has 1 aromatic carbocycles. The number of aliphatic hydroxyl groups is 1. The highest BCUT2D eigenvalue weighted by atomic mass is 35.5. The van der Waals surface area contributed by atoms with Crippen molar-refractivity contribution in [2.24, 2.45) is 0 Å². The first kappa shape index (κ1) is 15.6. The van der Waals surface area contributed by atoms with Crippen molar-refractivity contribution in [3.05, 3.63) is 28.8 Å². The van der Waals surface area contributed by atoms with Gasteiger partial charge in [-0.1, -0.05) is 24.6 Å². The number of halogens is 1. The summed E-state index contributed by atoms with van der Waals surface area (Å²) in [6.07, 6.45) is 1.09. The van der Waals surface area contributed by atoms with Crippen molar-refractivity contribution in [3.63, 3.8) is 0 Å². The van der Waals surface area contributed by atoms with E-state index in [1.165, 1.54) is 0 Å². The van der Waals surface area contributed by atoms with Crippen LogP contribution in [-0.2, 0) is 11.3 Å². The highest BCUT2D eigenvalue weighted by Gasteiger charge is 2.24. The molecule has 2 N–H and O–H groups in total. The van der Waals surface area contributed by atoms with Crippen LogP contribution in [-0.4, -0.2) is 44.1 Å². The number of anilines is 1. The molecular formula is C15H23ClN2O2. The third-order valence-corrected chi connectivity index (χ3v) is 3.92. The summed E-state index contributed by atoms with van der Waals surface area (Å²) in [4.78, 5) is 2.21. The Kier molecular flexibility index (Phi) is 6.10. The fraction of sp³-hybridized carbons (Fsp3) is 0.600. The van der Waals surface area contributed by atoms with Crippen LogP contribution in [0.3, 0.4) is 0 Å². The summed E-state index contributed by atoms with van der Waals surface area (Å²) in [7, 11) is 0. The lowest BCUT2D eigenvalue weighted by atomic mass is 10.1. The van der Waals surface area contributed by atoms with E-state index in [-0.39, 0.29) is 12.6 Å². The lowest BCUT2D eigenvalue weighted by Gasteiger charge is -2.37. The Morgan fingerprint density at radius 3 is 3.10 bits per heavy atom. The summed E-state index contributed by atoms with van der Waals surface area (Å²) in [5.74, 6) is 0. The molecule has 0 radical (unpaired) electrons. The van der Waals surface area contributed by atoms with Gasteiger partial charge in [-0.3, -0.25) is 0 Å². The van der Waals surface area contributed by atoms with E-state index in [1.54, 1.807) is 0 Å². The third-order valence-electron chi connectivity index (χ3n) is 3.57. The smallest absolute Gasteiger partial charge is 0.0755 e. The Morgan fingerprint density at radius 2 is 2.35 bits per heavy atom. The molecule has 1 aromatic rings. The molecule has 1 fully saturated rings. The van der Waals surface area contributed by atoms with Gasteiger partial charge in [0, 0.05) is 29.4 Å². The Hall–Kier alpha value is -0.810. The first-order valence-corrected chi connectivity index (χ1v) is 7.59. The van der Waals surface area contributed by atoms with E-state index >= 15 is 0 Å². The number of rotatable bonds is 6. The fourth-order valence-corrected chi connectivity index (χ4v) is 2.74. The fourth-order valence-electron chi connectivity index (χ4n) is 2.50. The maximum Gasteiger partial charge on any atom is 0.0755 e. The van der Waals surface area contributed by atoms with Crippen molar-refractivity contribution in [1.29, 1.82) is 0 Å². The molecule has 112 valence electrons. The van der Waals surface area contributed by atoms with Gasteiger partial charge in [-0.25, -0.2) is 0 Å². The minimum atomic E-state index is 0.00661. The summed E-state index contributed by atoms with van der Waals surface area (Å²) in [5.41, 5.74) is 2.20. The number of hydrogen-bond acceptors (Lipinski definition) is 4. The first-order valence-electron chi connectivity index (χ1n) is 7.21. The van der Waals surface area contributed by atoms with Crippen LogP contribution in [0.5, 0.6) is 0 Å². The minimum absolute atomic E-state index is 0.00661. The van der Waals surface area contributed by atoms with Gasteiger partial charge in [0.1, 0.15) is 0 Å². The zero-order chi connectivity index (χ0) is 14.4. The van der Waals surface area contributed by atoms with Gasteiger partial charge in [-0.15, -0.1) is 0 Å². The number of aliphatic hydroxyl groups excluding tert-OH is 1. The molecule has 0 spiro atoms. The molecule has 0 aromatic heterocycles. The molecule has 1 unspecified atom stereocenters. The van der Waals surface area contributed by atoms with Crippen LogP contribution in [0.2, 0.25) is 5.02 Å². The highest BCUT2D eigenvalue weighted by molar-refractivity contribution is 6.31. The van der Waals surface area contributed by atoms with Gasteiger partial charge in [0.25, 0.3) is 0 Å². The van der Waals surface area contributed by atoms with E-state index in [1.807, 2.05) is 12.1 Å². The number of nitrogens with one attached hydrogen (secondary N) is 1. The van der Waals surface area contributed by atoms with Crippen LogP contribution in [0.25, 0.3) is 0 Å². The lowest BCUT2D eigenvalue weighted by molar-refractivity contribution is 0.0726. The third kappa shape index (κ3) is 3.64. The zero-order valence-corrected chi connectivity index (χ0v) is 12.7. The molecule has 4 nitrogen and oxygen atoms in total. The molecule has 1 saturated heterocycles. The Bertz CT molecular complexity index is 428. The predicted molar refractivity (Wildman–Crippen MR) is 82.5 cm³/mol. The second-order valence-electron chi connectivity index (χ2n) is 5.02. The summed E-state index contributed by atoms with van der Waals surface area (Å²) < 4.78 is 5.44. The average molecular weight is 299 g/mol. The molecule has 0 amide bonds. The van der Waals surface area contributed by atoms with Crippen molar-refractivity contribution in [1.82, 2.24) is 5.32 Å². The number of morpholine rings is 1. The SMILES string of the molecule is CCCNCc1c(Cl)cccc1N1CCOCC1CO. The number of benzene rings is 1. The molecule has 0 aliphatic carbocycles. The molecule has 1 aliphatic heterocycles. The van der Waals surface area contributed by atoms with Crippen LogP contribution >= 0.6 is 11.6 Å². The highest BCUT2D eigenvalue weighted by Crippen LogP contribution is 2.29. The maximum absolute atomic E-state index is 9.53. The number of hydrogen-bond donors (Lipinski definition) is 2. The van der Waals surface area contributed by atoms with Crippen molar-refractivity contribution < 1.29 is 9.84 Å². The van der Waals surface area contributed by atoms with Crippen LogP contribution < -0.4 is 10.2 Å². The van der Waals surface area contributed by atoms with Gasteiger partial charge < -0.3 is 20.1 Å². The molecule has 0 bridgehead atoms. The van der Waals surface area contributed by atoms with Gasteiger partial charge in [-0.05, 0) is 25.1 Å². The Balaban J connectivity index is 2.22. The van der Waals surface area contributed by atoms with Gasteiger partial charge in [0.05, 0.1) is 25.9 Å². The number of ether oxygens (including phenoxy) is 1. The second kappa shape index (κ2) is 7.84. The molecule has 20 heavy (non-hydrogen) atoms. The normalized spacial score (nSPS) is 19.4. The van der Waals surface area contributed by atoms with E-state index in [9.17, 15) is 5.11 Å². The van der Waals surface area contributed by atoms with Crippen molar-refractivity contribution in [2.75, 3.05) is 37.8 Å². The Morgan fingerprint density at radius 1 is 1.50 bits per heavy atom. The predicted octanol–water partition coefficient (Wildman–Crippen LogP) is 2.04. The van der Waals surface area contributed by atoms with Crippen molar-refractivity contribution in [3.8, 4) is 0 Å². The summed E-state index contributed by atoms with van der Waals surface area (Å²) in [5, 5.41) is 13.7. The van der Waals surface area contributed by atoms with E-state index < -0.39 is 0 Å². The van der Waals surface area contributed by atoms with Crippen LogP contribution in [0.1, 0.15) is 18.9 Å². The van der Waals surface area contributed by atoms with Gasteiger partial charge in [0.15, 0.2) is 0 Å². The zero-order valence-electron chi connectivity index (χ0n) is 11.9. The van der Waals surface area contributed by atoms with E-state index in [4.69, 9.17) is 16.3 Å². The van der Waals surface area contributed by atoms with Crippen LogP contribution in [0, 0.1) is 0 Å². The largest absolute Gasteiger partial charge is 0.394 e. The molecule has 1 atom stereocenters. The quantitative estimate of drug-likeness (QED) is 0.789. The van der Waals surface area contributed by atoms with Crippen molar-refractivity contribution in [2.45, 2.75) is 25.9 Å². The first-order chi connectivity index (χ1) is 9.77. The molecule has 1 heterocycles. The lowest BCUT2D eigenvalue weighted by Crippen LogP contribution is -2.48. The molecule has 2 rings (SSSR count). The molecule has 1 aliphatic rings. The summed E-state index contributed by atoms with van der Waals surface area (Å²) in [6, 6.07) is 5.96. The molecule has 5 heteroatoms. The van der Waals surface area contributed by atoms with Crippen LogP contribution in [0.4, 0.5) is 5.69 Å². The Labute approximate surface area is 125 Å². The summed E-state index contributed by atoms with van der Waals surface area (Å²) in [6.45, 7) is 5.98. The monoisotopic (exact) mass is 298 g/mol. The van der Waals surface area contributed by atoms with Gasteiger partial charge in [0.2, 0.25) is 0 Å². The minimum Gasteiger partial charge on any atom is -0.394 e. The van der Waals surface area contributed by atoms with E-state index in [2.05, 4.69) is 23.2 Å². The maximum atomic E-state index is 9.53. The number of nitrogens with zero attached hydrogens (tertiary/aromatic N) is 1. The van der Waals surface area contributed by atoms with Crippen LogP contribution in [0.15, 0.2) is 18.2 Å². The van der Waals surface area contributed by atoms with Gasteiger partial charge in [-0.2, -0.15) is 0 Å². The van der Waals surface area contributed by atoms with E-state index in [0.29, 0.717) is 13.2 Å². The van der Waals surface area contributed by atoms with Gasteiger partial charge >= 0.3 is 0 Å². The standard InChI is InChI=1S/C15H23ClN2O2/c1-2-6-17-9-13-14(16)4-3-5-15(13)18-7-8-20-11-12(18)10-19/h3-5,12,17,19H,2,6-11H2,1H3. The second-order valence-corrected chi connectivity index (χ2v) is 5.43. The average Bonchev–Trinajstić information content (AvgIpc) is 2.49. The summed E-state index contributed by atoms with van der Waals surface area (Å²) >= 11 is 6.36. The molecular weight excluding hydrogens is 276 g/mol. The van der Waals surface area contributed by atoms with E-state index in [0.717, 1.165) is 42.3 Å². The molecule has 0 saturated carbocycles. The topological polar surface area (TPSA) is 44.7 Å².